The van der Waals surface area contributed by atoms with Gasteiger partial charge in [0, 0.05) is 36.8 Å². The van der Waals surface area contributed by atoms with E-state index in [0.717, 1.165) is 24.2 Å². The van der Waals surface area contributed by atoms with Crippen LogP contribution in [-0.4, -0.2) is 24.5 Å². The number of rotatable bonds is 6. The van der Waals surface area contributed by atoms with Crippen LogP contribution in [0.1, 0.15) is 36.9 Å². The Kier molecular flexibility index (Phi) is 5.22. The molecule has 0 unspecified atom stereocenters. The monoisotopic (exact) mass is 342 g/mol. The second-order valence-electron chi connectivity index (χ2n) is 6.37. The first-order chi connectivity index (χ1) is 12.1. The maximum atomic E-state index is 14.2. The zero-order chi connectivity index (χ0) is 17.8. The summed E-state index contributed by atoms with van der Waals surface area (Å²) in [6, 6.07) is 12.7. The van der Waals surface area contributed by atoms with E-state index < -0.39 is 0 Å². The van der Waals surface area contributed by atoms with Gasteiger partial charge in [-0.1, -0.05) is 18.2 Å². The van der Waals surface area contributed by atoms with Gasteiger partial charge in [-0.3, -0.25) is 4.79 Å². The molecule has 25 heavy (non-hydrogen) atoms. The van der Waals surface area contributed by atoms with Crippen LogP contribution in [0.2, 0.25) is 0 Å². The molecule has 0 aliphatic carbocycles. The van der Waals surface area contributed by atoms with Crippen molar-refractivity contribution in [3.8, 4) is 5.75 Å². The summed E-state index contributed by atoms with van der Waals surface area (Å²) in [7, 11) is 1.52. The second-order valence-corrected chi connectivity index (χ2v) is 6.37. The highest BCUT2D eigenvalue weighted by molar-refractivity contribution is 5.78. The number of hydrogen-bond acceptors (Lipinski definition) is 3. The molecule has 1 amide bonds. The van der Waals surface area contributed by atoms with Crippen molar-refractivity contribution in [2.24, 2.45) is 0 Å². The summed E-state index contributed by atoms with van der Waals surface area (Å²) >= 11 is 0. The Hall–Kier alpha value is -2.56. The molecule has 5 heteroatoms. The average Bonchev–Trinajstić information content (AvgIpc) is 3.01. The number of benzene rings is 2. The lowest BCUT2D eigenvalue weighted by Gasteiger charge is -2.18. The summed E-state index contributed by atoms with van der Waals surface area (Å²) in [6.45, 7) is 3.41. The minimum atomic E-state index is -0.288. The average molecular weight is 342 g/mol. The molecule has 4 nitrogen and oxygen atoms in total. The van der Waals surface area contributed by atoms with E-state index in [0.29, 0.717) is 24.3 Å². The van der Waals surface area contributed by atoms with Gasteiger partial charge in [0.25, 0.3) is 0 Å². The lowest BCUT2D eigenvalue weighted by molar-refractivity contribution is -0.128. The van der Waals surface area contributed by atoms with Crippen LogP contribution in [0.15, 0.2) is 42.5 Å². The van der Waals surface area contributed by atoms with Crippen LogP contribution in [-0.2, 0) is 11.3 Å². The van der Waals surface area contributed by atoms with Gasteiger partial charge in [-0.25, -0.2) is 4.39 Å². The van der Waals surface area contributed by atoms with Crippen molar-refractivity contribution < 1.29 is 13.9 Å². The van der Waals surface area contributed by atoms with Gasteiger partial charge in [0.1, 0.15) is 11.6 Å². The van der Waals surface area contributed by atoms with Gasteiger partial charge in [0.15, 0.2) is 0 Å². The van der Waals surface area contributed by atoms with E-state index in [-0.39, 0.29) is 17.8 Å². The van der Waals surface area contributed by atoms with Crippen LogP contribution >= 0.6 is 0 Å². The Bertz CT molecular complexity index is 746. The number of likely N-dealkylation sites (tertiary alicyclic amines) is 1. The summed E-state index contributed by atoms with van der Waals surface area (Å²) in [5, 5.41) is 3.30. The smallest absolute Gasteiger partial charge is 0.222 e. The van der Waals surface area contributed by atoms with Crippen molar-refractivity contribution in [3.05, 3.63) is 59.4 Å². The van der Waals surface area contributed by atoms with Crippen molar-refractivity contribution in [1.82, 2.24) is 4.90 Å². The zero-order valence-electron chi connectivity index (χ0n) is 14.6. The van der Waals surface area contributed by atoms with E-state index in [1.165, 1.54) is 13.2 Å². The van der Waals surface area contributed by atoms with E-state index in [4.69, 9.17) is 4.74 Å². The predicted molar refractivity (Wildman–Crippen MR) is 96.1 cm³/mol. The molecule has 2 aromatic carbocycles. The summed E-state index contributed by atoms with van der Waals surface area (Å²) < 4.78 is 19.2. The molecule has 0 aromatic heterocycles. The van der Waals surface area contributed by atoms with Crippen LogP contribution in [0, 0.1) is 5.82 Å². The number of carbonyl (C=O) groups excluding carboxylic acids is 1. The number of carbonyl (C=O) groups is 1. The Morgan fingerprint density at radius 1 is 1.24 bits per heavy atom. The van der Waals surface area contributed by atoms with Crippen molar-refractivity contribution in [2.75, 3.05) is 19.0 Å². The maximum Gasteiger partial charge on any atom is 0.222 e. The van der Waals surface area contributed by atoms with Gasteiger partial charge >= 0.3 is 0 Å². The number of nitrogens with one attached hydrogen (secondary N) is 1. The van der Waals surface area contributed by atoms with E-state index in [1.807, 2.05) is 36.1 Å². The SMILES string of the molecule is COc1ccc([C@@H](C)Nc2ccc(CN3CCCC3=O)cc2)c(F)c1. The Morgan fingerprint density at radius 3 is 2.60 bits per heavy atom. The fourth-order valence-electron chi connectivity index (χ4n) is 3.11. The van der Waals surface area contributed by atoms with Crippen LogP contribution < -0.4 is 10.1 Å². The van der Waals surface area contributed by atoms with E-state index in [1.54, 1.807) is 12.1 Å². The molecule has 0 spiro atoms. The van der Waals surface area contributed by atoms with Gasteiger partial charge in [-0.05, 0) is 37.1 Å². The second kappa shape index (κ2) is 7.55. The molecule has 1 aliphatic heterocycles. The first-order valence-electron chi connectivity index (χ1n) is 8.53. The highest BCUT2D eigenvalue weighted by Crippen LogP contribution is 2.25. The number of anilines is 1. The quantitative estimate of drug-likeness (QED) is 0.858. The predicted octanol–water partition coefficient (Wildman–Crippen LogP) is 4.13. The summed E-state index contributed by atoms with van der Waals surface area (Å²) in [5.41, 5.74) is 2.61. The van der Waals surface area contributed by atoms with Crippen molar-refractivity contribution >= 4 is 11.6 Å². The molecule has 1 heterocycles. The molecule has 0 bridgehead atoms. The highest BCUT2D eigenvalue weighted by Gasteiger charge is 2.19. The lowest BCUT2D eigenvalue weighted by atomic mass is 10.1. The van der Waals surface area contributed by atoms with Gasteiger partial charge in [0.05, 0.1) is 13.2 Å². The third kappa shape index (κ3) is 4.10. The van der Waals surface area contributed by atoms with E-state index >= 15 is 0 Å². The minimum Gasteiger partial charge on any atom is -0.497 e. The van der Waals surface area contributed by atoms with Crippen LogP contribution in [0.4, 0.5) is 10.1 Å². The molecule has 132 valence electrons. The zero-order valence-corrected chi connectivity index (χ0v) is 14.6. The third-order valence-electron chi connectivity index (χ3n) is 4.56. The lowest BCUT2D eigenvalue weighted by Crippen LogP contribution is -2.23. The minimum absolute atomic E-state index is 0.170. The number of nitrogens with zero attached hydrogens (tertiary/aromatic N) is 1. The van der Waals surface area contributed by atoms with E-state index in [2.05, 4.69) is 5.32 Å². The van der Waals surface area contributed by atoms with Crippen LogP contribution in [0.25, 0.3) is 0 Å². The number of ether oxygens (including phenoxy) is 1. The van der Waals surface area contributed by atoms with Gasteiger partial charge < -0.3 is 15.0 Å². The largest absolute Gasteiger partial charge is 0.497 e. The molecule has 0 saturated carbocycles. The fourth-order valence-corrected chi connectivity index (χ4v) is 3.11. The molecular weight excluding hydrogens is 319 g/mol. The maximum absolute atomic E-state index is 14.2. The molecule has 3 rings (SSSR count). The van der Waals surface area contributed by atoms with Crippen molar-refractivity contribution in [1.29, 1.82) is 0 Å². The normalized spacial score (nSPS) is 15.3. The molecule has 0 radical (unpaired) electrons. The van der Waals surface area contributed by atoms with Crippen molar-refractivity contribution in [3.63, 3.8) is 0 Å². The number of methoxy groups -OCH3 is 1. The summed E-state index contributed by atoms with van der Waals surface area (Å²) in [5.74, 6) is 0.448. The van der Waals surface area contributed by atoms with Crippen molar-refractivity contribution in [2.45, 2.75) is 32.4 Å². The van der Waals surface area contributed by atoms with Gasteiger partial charge in [-0.15, -0.1) is 0 Å². The Balaban J connectivity index is 1.63. The van der Waals surface area contributed by atoms with Gasteiger partial charge in [-0.2, -0.15) is 0 Å². The Labute approximate surface area is 147 Å². The summed E-state index contributed by atoms with van der Waals surface area (Å²) in [6.07, 6.45) is 1.61. The first-order valence-corrected chi connectivity index (χ1v) is 8.53. The van der Waals surface area contributed by atoms with Crippen LogP contribution in [0.3, 0.4) is 0 Å². The standard InChI is InChI=1S/C20H23FN2O2/c1-14(18-10-9-17(25-2)12-19(18)21)22-16-7-5-15(6-8-16)13-23-11-3-4-20(23)24/h5-10,12,14,22H,3-4,11,13H2,1-2H3/t14-/m1/s1. The Morgan fingerprint density at radius 2 is 2.00 bits per heavy atom. The number of halogens is 1. The van der Waals surface area contributed by atoms with Gasteiger partial charge in [0.2, 0.25) is 5.91 Å². The van der Waals surface area contributed by atoms with E-state index in [9.17, 15) is 9.18 Å². The summed E-state index contributed by atoms with van der Waals surface area (Å²) in [4.78, 5) is 13.6. The molecule has 1 N–H and O–H groups in total. The highest BCUT2D eigenvalue weighted by atomic mass is 19.1. The third-order valence-corrected chi connectivity index (χ3v) is 4.56. The topological polar surface area (TPSA) is 41.6 Å². The molecule has 1 aliphatic rings. The molecule has 1 saturated heterocycles. The molecular formula is C20H23FN2O2. The molecule has 1 atom stereocenters. The van der Waals surface area contributed by atoms with Crippen LogP contribution in [0.5, 0.6) is 5.75 Å². The first kappa shape index (κ1) is 17.3. The fraction of sp³-hybridized carbons (Fsp3) is 0.350. The number of hydrogen-bond donors (Lipinski definition) is 1. The number of amides is 1. The molecule has 1 fully saturated rings. The molecule has 2 aromatic rings.